The molecule has 152 valence electrons. The lowest BCUT2D eigenvalue weighted by Gasteiger charge is -2.09. The van der Waals surface area contributed by atoms with Crippen LogP contribution in [0.2, 0.25) is 0 Å². The Hall–Kier alpha value is -4.01. The maximum Gasteiger partial charge on any atom is 0.248 e. The highest BCUT2D eigenvalue weighted by Gasteiger charge is 2.16. The number of fused-ring (bicyclic) bond motifs is 1. The normalized spacial score (nSPS) is 11.1. The zero-order valence-electron chi connectivity index (χ0n) is 16.8. The molecule has 4 rings (SSSR count). The van der Waals surface area contributed by atoms with Crippen molar-refractivity contribution in [3.05, 3.63) is 66.0 Å². The van der Waals surface area contributed by atoms with Crippen molar-refractivity contribution in [2.24, 2.45) is 12.8 Å². The number of anilines is 2. The minimum Gasteiger partial charge on any atom is -0.366 e. The summed E-state index contributed by atoms with van der Waals surface area (Å²) < 4.78 is 18.0. The van der Waals surface area contributed by atoms with E-state index in [-0.39, 0.29) is 17.3 Å². The van der Waals surface area contributed by atoms with Crippen LogP contribution >= 0.6 is 0 Å². The first-order valence-electron chi connectivity index (χ1n) is 9.15. The molecule has 0 saturated heterocycles. The second-order valence-electron chi connectivity index (χ2n) is 7.01. The third-order valence-corrected chi connectivity index (χ3v) is 5.09. The number of hydrogen-bond donors (Lipinski definition) is 2. The standard InChI is InChI=1S/C21H20FN7O/c1-11-10-29(18-6-5-14(7-15(11)18)12(2)19(23)30)20-16(22)8-24-21(27-20)26-17-9-25-28(4)13(17)3/h5-10H,2H2,1,3-4H3,(H2,23,30)(H,24,26,27). The number of nitrogens with two attached hydrogens (primary N) is 1. The SMILES string of the molecule is C=C(C(N)=O)c1ccc2c(c1)c(C)cn2-c1nc(Nc2cnn(C)c2C)ncc1F. The van der Waals surface area contributed by atoms with E-state index in [0.29, 0.717) is 5.56 Å². The van der Waals surface area contributed by atoms with E-state index < -0.39 is 11.7 Å². The number of halogens is 1. The molecular formula is C21H20FN7O. The summed E-state index contributed by atoms with van der Waals surface area (Å²) in [5.41, 5.74) is 9.42. The Bertz CT molecular complexity index is 1320. The molecule has 9 heteroatoms. The lowest BCUT2D eigenvalue weighted by molar-refractivity contribution is -0.112. The molecule has 0 saturated carbocycles. The molecule has 0 fully saturated rings. The fraction of sp³-hybridized carbons (Fsp3) is 0.143. The number of primary amides is 1. The van der Waals surface area contributed by atoms with E-state index in [1.807, 2.05) is 27.0 Å². The molecule has 1 aromatic carbocycles. The predicted octanol–water partition coefficient (Wildman–Crippen LogP) is 3.15. The van der Waals surface area contributed by atoms with Gasteiger partial charge >= 0.3 is 0 Å². The number of benzene rings is 1. The van der Waals surface area contributed by atoms with Gasteiger partial charge < -0.3 is 11.1 Å². The number of carbonyl (C=O) groups excluding carboxylic acids is 1. The monoisotopic (exact) mass is 405 g/mol. The van der Waals surface area contributed by atoms with Crippen LogP contribution in [0, 0.1) is 19.7 Å². The Kier molecular flexibility index (Phi) is 4.57. The van der Waals surface area contributed by atoms with E-state index in [0.717, 1.165) is 34.0 Å². The summed E-state index contributed by atoms with van der Waals surface area (Å²) in [6.45, 7) is 7.52. The molecule has 4 aromatic rings. The summed E-state index contributed by atoms with van der Waals surface area (Å²) >= 11 is 0. The van der Waals surface area contributed by atoms with Crippen molar-refractivity contribution in [2.45, 2.75) is 13.8 Å². The van der Waals surface area contributed by atoms with Gasteiger partial charge in [0.25, 0.3) is 0 Å². The van der Waals surface area contributed by atoms with Gasteiger partial charge in [-0.2, -0.15) is 10.1 Å². The van der Waals surface area contributed by atoms with Gasteiger partial charge in [-0.1, -0.05) is 12.6 Å². The van der Waals surface area contributed by atoms with Crippen LogP contribution in [0.25, 0.3) is 22.3 Å². The van der Waals surface area contributed by atoms with E-state index in [1.165, 1.54) is 0 Å². The molecule has 3 aromatic heterocycles. The number of amides is 1. The van der Waals surface area contributed by atoms with Gasteiger partial charge in [-0.05, 0) is 37.1 Å². The lowest BCUT2D eigenvalue weighted by Crippen LogP contribution is -2.11. The first-order chi connectivity index (χ1) is 14.3. The number of nitrogens with zero attached hydrogens (tertiary/aromatic N) is 5. The van der Waals surface area contributed by atoms with Crippen LogP contribution in [0.4, 0.5) is 16.0 Å². The van der Waals surface area contributed by atoms with Crippen LogP contribution in [0.3, 0.4) is 0 Å². The number of aromatic nitrogens is 5. The first kappa shape index (κ1) is 19.3. The molecule has 3 heterocycles. The molecule has 0 atom stereocenters. The quantitative estimate of drug-likeness (QED) is 0.497. The van der Waals surface area contributed by atoms with E-state index in [4.69, 9.17) is 5.73 Å². The van der Waals surface area contributed by atoms with Crippen LogP contribution < -0.4 is 11.1 Å². The summed E-state index contributed by atoms with van der Waals surface area (Å²) in [4.78, 5) is 19.9. The zero-order chi connectivity index (χ0) is 21.6. The zero-order valence-corrected chi connectivity index (χ0v) is 16.8. The Morgan fingerprint density at radius 2 is 2.03 bits per heavy atom. The van der Waals surface area contributed by atoms with Crippen LogP contribution in [0.5, 0.6) is 0 Å². The Morgan fingerprint density at radius 3 is 2.70 bits per heavy atom. The fourth-order valence-electron chi connectivity index (χ4n) is 3.23. The van der Waals surface area contributed by atoms with Gasteiger partial charge in [-0.3, -0.25) is 14.0 Å². The molecule has 0 unspecified atom stereocenters. The molecule has 30 heavy (non-hydrogen) atoms. The fourth-order valence-corrected chi connectivity index (χ4v) is 3.23. The molecule has 0 radical (unpaired) electrons. The third kappa shape index (κ3) is 3.20. The number of carbonyl (C=O) groups is 1. The Labute approximate surface area is 171 Å². The average molecular weight is 405 g/mol. The molecule has 1 amide bonds. The van der Waals surface area contributed by atoms with Crippen LogP contribution in [-0.4, -0.2) is 30.2 Å². The molecule has 8 nitrogen and oxygen atoms in total. The number of rotatable bonds is 5. The molecule has 0 aliphatic heterocycles. The topological polar surface area (TPSA) is 104 Å². The van der Waals surface area contributed by atoms with E-state index in [9.17, 15) is 9.18 Å². The molecular weight excluding hydrogens is 385 g/mol. The summed E-state index contributed by atoms with van der Waals surface area (Å²) in [7, 11) is 1.83. The van der Waals surface area contributed by atoms with Crippen LogP contribution in [0.1, 0.15) is 16.8 Å². The van der Waals surface area contributed by atoms with Gasteiger partial charge in [0.1, 0.15) is 0 Å². The molecule has 0 aliphatic carbocycles. The summed E-state index contributed by atoms with van der Waals surface area (Å²) in [6.07, 6.45) is 4.57. The highest BCUT2D eigenvalue weighted by atomic mass is 19.1. The second-order valence-corrected chi connectivity index (χ2v) is 7.01. The Balaban J connectivity index is 1.79. The van der Waals surface area contributed by atoms with Crippen LogP contribution in [-0.2, 0) is 11.8 Å². The second kappa shape index (κ2) is 7.11. The minimum absolute atomic E-state index is 0.105. The maximum absolute atomic E-state index is 14.7. The smallest absolute Gasteiger partial charge is 0.248 e. The summed E-state index contributed by atoms with van der Waals surface area (Å²) in [6, 6.07) is 5.32. The van der Waals surface area contributed by atoms with Gasteiger partial charge in [0.2, 0.25) is 11.9 Å². The van der Waals surface area contributed by atoms with Crippen molar-refractivity contribution < 1.29 is 9.18 Å². The first-order valence-corrected chi connectivity index (χ1v) is 9.15. The van der Waals surface area contributed by atoms with E-state index >= 15 is 0 Å². The van der Waals surface area contributed by atoms with Gasteiger partial charge in [-0.15, -0.1) is 0 Å². The lowest BCUT2D eigenvalue weighted by atomic mass is 10.0. The largest absolute Gasteiger partial charge is 0.366 e. The number of nitrogens with one attached hydrogen (secondary N) is 1. The molecule has 0 aliphatic rings. The van der Waals surface area contributed by atoms with Crippen molar-refractivity contribution >= 4 is 34.0 Å². The van der Waals surface area contributed by atoms with E-state index in [1.54, 1.807) is 33.8 Å². The number of aryl methyl sites for hydroxylation is 2. The van der Waals surface area contributed by atoms with E-state index in [2.05, 4.69) is 27.0 Å². The van der Waals surface area contributed by atoms with Crippen molar-refractivity contribution in [2.75, 3.05) is 5.32 Å². The minimum atomic E-state index is -0.588. The molecule has 3 N–H and O–H groups in total. The van der Waals surface area contributed by atoms with Gasteiger partial charge in [0.15, 0.2) is 11.6 Å². The number of hydrogen-bond acceptors (Lipinski definition) is 5. The predicted molar refractivity (Wildman–Crippen MR) is 113 cm³/mol. The van der Waals surface area contributed by atoms with Crippen molar-refractivity contribution in [1.29, 1.82) is 0 Å². The summed E-state index contributed by atoms with van der Waals surface area (Å²) in [5.74, 6) is -0.796. The van der Waals surface area contributed by atoms with Gasteiger partial charge in [-0.25, -0.2) is 9.37 Å². The maximum atomic E-state index is 14.7. The van der Waals surface area contributed by atoms with Crippen molar-refractivity contribution in [1.82, 2.24) is 24.3 Å². The van der Waals surface area contributed by atoms with Gasteiger partial charge in [0.05, 0.1) is 29.3 Å². The third-order valence-electron chi connectivity index (χ3n) is 5.09. The molecule has 0 bridgehead atoms. The van der Waals surface area contributed by atoms with Crippen LogP contribution in [0.15, 0.2) is 43.4 Å². The average Bonchev–Trinajstić information content (AvgIpc) is 3.22. The highest BCUT2D eigenvalue weighted by Crippen LogP contribution is 2.28. The highest BCUT2D eigenvalue weighted by molar-refractivity contribution is 6.18. The summed E-state index contributed by atoms with van der Waals surface area (Å²) in [5, 5.41) is 8.08. The van der Waals surface area contributed by atoms with Gasteiger partial charge in [0, 0.05) is 24.2 Å². The Morgan fingerprint density at radius 1 is 1.27 bits per heavy atom. The molecule has 0 spiro atoms. The van der Waals surface area contributed by atoms with Crippen molar-refractivity contribution in [3.8, 4) is 5.82 Å². The van der Waals surface area contributed by atoms with Crippen molar-refractivity contribution in [3.63, 3.8) is 0 Å².